The maximum absolute atomic E-state index is 5.92. The lowest BCUT2D eigenvalue weighted by Crippen LogP contribution is -2.42. The maximum Gasteiger partial charge on any atom is 0.129 e. The van der Waals surface area contributed by atoms with Crippen molar-refractivity contribution in [3.8, 4) is 0 Å². The fraction of sp³-hybridized carbons (Fsp3) is 0.643. The summed E-state index contributed by atoms with van der Waals surface area (Å²) in [6.45, 7) is 6.82. The van der Waals surface area contributed by atoms with E-state index in [4.69, 9.17) is 11.6 Å². The van der Waals surface area contributed by atoms with E-state index in [9.17, 15) is 0 Å². The van der Waals surface area contributed by atoms with Crippen molar-refractivity contribution in [3.63, 3.8) is 0 Å². The number of hydrogen-bond acceptors (Lipinski definition) is 3. The highest BCUT2D eigenvalue weighted by molar-refractivity contribution is 6.29. The number of hydrogen-bond donors (Lipinski definition) is 0. The minimum Gasteiger partial charge on any atom is -0.303 e. The molecule has 1 aromatic heterocycles. The average Bonchev–Trinajstić information content (AvgIpc) is 2.39. The predicted molar refractivity (Wildman–Crippen MR) is 75.9 cm³/mol. The first-order valence-electron chi connectivity index (χ1n) is 6.72. The molecule has 0 N–H and O–H groups in total. The average molecular weight is 268 g/mol. The van der Waals surface area contributed by atoms with Crippen LogP contribution in [0.15, 0.2) is 18.3 Å². The largest absolute Gasteiger partial charge is 0.303 e. The van der Waals surface area contributed by atoms with E-state index < -0.39 is 0 Å². The number of pyridine rings is 1. The molecule has 2 rings (SSSR count). The van der Waals surface area contributed by atoms with Crippen LogP contribution in [0.1, 0.15) is 25.3 Å². The molecule has 0 radical (unpaired) electrons. The lowest BCUT2D eigenvalue weighted by atomic mass is 10.0. The molecule has 3 nitrogen and oxygen atoms in total. The second kappa shape index (κ2) is 6.50. The molecular formula is C14H22ClN3. The van der Waals surface area contributed by atoms with Gasteiger partial charge >= 0.3 is 0 Å². The van der Waals surface area contributed by atoms with Crippen LogP contribution in [0.5, 0.6) is 0 Å². The number of halogens is 1. The highest BCUT2D eigenvalue weighted by Crippen LogP contribution is 2.18. The fourth-order valence-corrected chi connectivity index (χ4v) is 2.83. The van der Waals surface area contributed by atoms with Crippen molar-refractivity contribution in [1.82, 2.24) is 14.8 Å². The number of piperidine rings is 1. The summed E-state index contributed by atoms with van der Waals surface area (Å²) in [6.07, 6.45) is 4.32. The van der Waals surface area contributed by atoms with Crippen LogP contribution in [0.3, 0.4) is 0 Å². The SMILES string of the molecule is CCN1CCC(N(C)Cc2ccnc(Cl)c2)CC1. The highest BCUT2D eigenvalue weighted by Gasteiger charge is 2.21. The van der Waals surface area contributed by atoms with E-state index in [-0.39, 0.29) is 0 Å². The molecule has 100 valence electrons. The normalized spacial score (nSPS) is 18.4. The van der Waals surface area contributed by atoms with Crippen LogP contribution >= 0.6 is 11.6 Å². The Balaban J connectivity index is 1.87. The van der Waals surface area contributed by atoms with Gasteiger partial charge in [-0.1, -0.05) is 18.5 Å². The van der Waals surface area contributed by atoms with Crippen LogP contribution in [0.2, 0.25) is 5.15 Å². The van der Waals surface area contributed by atoms with Crippen molar-refractivity contribution in [2.24, 2.45) is 0 Å². The van der Waals surface area contributed by atoms with Crippen molar-refractivity contribution >= 4 is 11.6 Å². The Bertz CT molecular complexity index is 375. The molecule has 0 unspecified atom stereocenters. The smallest absolute Gasteiger partial charge is 0.129 e. The minimum atomic E-state index is 0.585. The van der Waals surface area contributed by atoms with E-state index in [0.717, 1.165) is 6.54 Å². The Morgan fingerprint density at radius 1 is 1.44 bits per heavy atom. The molecule has 4 heteroatoms. The molecule has 0 saturated carbocycles. The summed E-state index contributed by atoms with van der Waals surface area (Å²) in [5.41, 5.74) is 1.25. The Labute approximate surface area is 115 Å². The van der Waals surface area contributed by atoms with Crippen LogP contribution < -0.4 is 0 Å². The van der Waals surface area contributed by atoms with Crippen LogP contribution in [-0.4, -0.2) is 47.5 Å². The van der Waals surface area contributed by atoms with E-state index in [1.165, 1.54) is 38.0 Å². The third kappa shape index (κ3) is 3.67. The summed E-state index contributed by atoms with van der Waals surface area (Å²) >= 11 is 5.92. The van der Waals surface area contributed by atoms with Gasteiger partial charge < -0.3 is 4.90 Å². The molecule has 0 amide bonds. The van der Waals surface area contributed by atoms with Gasteiger partial charge in [0.15, 0.2) is 0 Å². The monoisotopic (exact) mass is 267 g/mol. The zero-order valence-electron chi connectivity index (χ0n) is 11.3. The molecule has 0 aromatic carbocycles. The van der Waals surface area contributed by atoms with Gasteiger partial charge in [0.2, 0.25) is 0 Å². The van der Waals surface area contributed by atoms with E-state index >= 15 is 0 Å². The van der Waals surface area contributed by atoms with Crippen LogP contribution in [0.4, 0.5) is 0 Å². The van der Waals surface area contributed by atoms with E-state index in [1.807, 2.05) is 12.1 Å². The molecule has 0 aliphatic carbocycles. The molecule has 1 aromatic rings. The van der Waals surface area contributed by atoms with Gasteiger partial charge in [0.25, 0.3) is 0 Å². The first-order chi connectivity index (χ1) is 8.69. The van der Waals surface area contributed by atoms with Crippen molar-refractivity contribution < 1.29 is 0 Å². The molecule has 1 aliphatic heterocycles. The standard InChI is InChI=1S/C14H22ClN3/c1-3-18-8-5-13(6-9-18)17(2)11-12-4-7-16-14(15)10-12/h4,7,10,13H,3,5-6,8-9,11H2,1-2H3. The molecule has 1 fully saturated rings. The Kier molecular flexibility index (Phi) is 4.98. The maximum atomic E-state index is 5.92. The Hall–Kier alpha value is -0.640. The third-order valence-electron chi connectivity index (χ3n) is 3.85. The van der Waals surface area contributed by atoms with Gasteiger partial charge in [-0.15, -0.1) is 0 Å². The topological polar surface area (TPSA) is 19.4 Å². The predicted octanol–water partition coefficient (Wildman–Crippen LogP) is 2.65. The van der Waals surface area contributed by atoms with Crippen LogP contribution in [-0.2, 0) is 6.54 Å². The van der Waals surface area contributed by atoms with Crippen molar-refractivity contribution in [3.05, 3.63) is 29.0 Å². The highest BCUT2D eigenvalue weighted by atomic mass is 35.5. The quantitative estimate of drug-likeness (QED) is 0.782. The molecule has 2 heterocycles. The number of rotatable bonds is 4. The first kappa shape index (κ1) is 13.8. The third-order valence-corrected chi connectivity index (χ3v) is 4.06. The van der Waals surface area contributed by atoms with Gasteiger partial charge in [-0.05, 0) is 57.2 Å². The number of aromatic nitrogens is 1. The molecular weight excluding hydrogens is 246 g/mol. The summed E-state index contributed by atoms with van der Waals surface area (Å²) in [5.74, 6) is 0. The summed E-state index contributed by atoms with van der Waals surface area (Å²) in [5, 5.41) is 0.585. The lowest BCUT2D eigenvalue weighted by molar-refractivity contribution is 0.127. The number of likely N-dealkylation sites (tertiary alicyclic amines) is 1. The summed E-state index contributed by atoms with van der Waals surface area (Å²) in [7, 11) is 2.21. The van der Waals surface area contributed by atoms with Gasteiger partial charge in [-0.2, -0.15) is 0 Å². The summed E-state index contributed by atoms with van der Waals surface area (Å²) in [6, 6.07) is 4.70. The second-order valence-corrected chi connectivity index (χ2v) is 5.45. The van der Waals surface area contributed by atoms with Gasteiger partial charge in [-0.3, -0.25) is 4.90 Å². The van der Waals surface area contributed by atoms with E-state index in [2.05, 4.69) is 28.8 Å². The first-order valence-corrected chi connectivity index (χ1v) is 7.10. The second-order valence-electron chi connectivity index (χ2n) is 5.07. The molecule has 18 heavy (non-hydrogen) atoms. The fourth-order valence-electron chi connectivity index (χ4n) is 2.63. The van der Waals surface area contributed by atoms with E-state index in [0.29, 0.717) is 11.2 Å². The van der Waals surface area contributed by atoms with Gasteiger partial charge in [0.1, 0.15) is 5.15 Å². The van der Waals surface area contributed by atoms with Crippen molar-refractivity contribution in [2.45, 2.75) is 32.4 Å². The van der Waals surface area contributed by atoms with Crippen molar-refractivity contribution in [1.29, 1.82) is 0 Å². The Morgan fingerprint density at radius 3 is 2.78 bits per heavy atom. The lowest BCUT2D eigenvalue weighted by Gasteiger charge is -2.36. The summed E-state index contributed by atoms with van der Waals surface area (Å²) in [4.78, 5) is 8.99. The van der Waals surface area contributed by atoms with Gasteiger partial charge in [0, 0.05) is 18.8 Å². The van der Waals surface area contributed by atoms with Gasteiger partial charge in [-0.25, -0.2) is 4.98 Å². The summed E-state index contributed by atoms with van der Waals surface area (Å²) < 4.78 is 0. The number of nitrogens with zero attached hydrogens (tertiary/aromatic N) is 3. The van der Waals surface area contributed by atoms with Crippen molar-refractivity contribution in [2.75, 3.05) is 26.7 Å². The van der Waals surface area contributed by atoms with Crippen LogP contribution in [0.25, 0.3) is 0 Å². The zero-order chi connectivity index (χ0) is 13.0. The Morgan fingerprint density at radius 2 is 2.17 bits per heavy atom. The molecule has 0 bridgehead atoms. The molecule has 1 aliphatic rings. The molecule has 0 atom stereocenters. The van der Waals surface area contributed by atoms with Gasteiger partial charge in [0.05, 0.1) is 0 Å². The molecule has 1 saturated heterocycles. The minimum absolute atomic E-state index is 0.585. The van der Waals surface area contributed by atoms with E-state index in [1.54, 1.807) is 6.20 Å². The zero-order valence-corrected chi connectivity index (χ0v) is 12.0. The molecule has 0 spiro atoms. The van der Waals surface area contributed by atoms with Crippen LogP contribution in [0, 0.1) is 0 Å².